The number of halogens is 1. The molecule has 0 aliphatic carbocycles. The number of hydrogen-bond donors (Lipinski definition) is 0. The number of Topliss-reactive ketones (excluding diaryl/α,β-unsaturated/α-hetero) is 2. The van der Waals surface area contributed by atoms with Gasteiger partial charge in [-0.3, -0.25) is 9.59 Å². The van der Waals surface area contributed by atoms with Crippen LogP contribution in [0.2, 0.25) is 5.02 Å². The van der Waals surface area contributed by atoms with E-state index in [1.54, 1.807) is 42.5 Å². The molecule has 4 rings (SSSR count). The Morgan fingerprint density at radius 2 is 1.70 bits per heavy atom. The van der Waals surface area contributed by atoms with E-state index in [-0.39, 0.29) is 23.9 Å². The molecule has 3 aromatic carbocycles. The number of benzene rings is 3. The zero-order chi connectivity index (χ0) is 21.3. The predicted octanol–water partition coefficient (Wildman–Crippen LogP) is 5.83. The Morgan fingerprint density at radius 1 is 1.00 bits per heavy atom. The molecule has 0 amide bonds. The molecule has 0 atom stereocenters. The molecular weight excluding hydrogens is 400 g/mol. The molecule has 0 spiro atoms. The fourth-order valence-electron chi connectivity index (χ4n) is 3.20. The standard InChI is InChI=1S/C25H19ClO4/c1-15-3-5-17(6-4-15)13-23-24(28)20-11-12-22(16(2)25(20)30-23)29-14-21(27)18-7-9-19(26)10-8-18/h3-13H,14H2,1-2H3/b23-13-. The summed E-state index contributed by atoms with van der Waals surface area (Å²) in [7, 11) is 0. The highest BCUT2D eigenvalue weighted by Crippen LogP contribution is 2.39. The molecule has 1 aliphatic rings. The van der Waals surface area contributed by atoms with Gasteiger partial charge in [0.15, 0.2) is 18.1 Å². The Bertz CT molecular complexity index is 1160. The minimum Gasteiger partial charge on any atom is -0.485 e. The summed E-state index contributed by atoms with van der Waals surface area (Å²) in [6, 6.07) is 17.8. The number of ketones is 2. The van der Waals surface area contributed by atoms with Gasteiger partial charge in [-0.25, -0.2) is 0 Å². The molecule has 0 saturated carbocycles. The molecular formula is C25H19ClO4. The topological polar surface area (TPSA) is 52.6 Å². The summed E-state index contributed by atoms with van der Waals surface area (Å²) in [4.78, 5) is 25.1. The number of fused-ring (bicyclic) bond motifs is 1. The number of hydrogen-bond acceptors (Lipinski definition) is 4. The second-order valence-electron chi connectivity index (χ2n) is 7.13. The largest absolute Gasteiger partial charge is 0.485 e. The third-order valence-electron chi connectivity index (χ3n) is 4.94. The molecule has 1 aliphatic heterocycles. The van der Waals surface area contributed by atoms with Crippen molar-refractivity contribution in [3.05, 3.63) is 99.3 Å². The molecule has 0 saturated heterocycles. The predicted molar refractivity (Wildman–Crippen MR) is 117 cm³/mol. The third kappa shape index (κ3) is 4.00. The number of allylic oxidation sites excluding steroid dienone is 1. The molecule has 1 heterocycles. The fourth-order valence-corrected chi connectivity index (χ4v) is 3.33. The molecule has 0 fully saturated rings. The van der Waals surface area contributed by atoms with Crippen LogP contribution in [0.4, 0.5) is 0 Å². The Hall–Kier alpha value is -3.37. The average Bonchev–Trinajstić information content (AvgIpc) is 3.06. The van der Waals surface area contributed by atoms with Gasteiger partial charge < -0.3 is 9.47 Å². The van der Waals surface area contributed by atoms with Crippen LogP contribution in [0.3, 0.4) is 0 Å². The van der Waals surface area contributed by atoms with Gasteiger partial charge in [-0.1, -0.05) is 41.4 Å². The van der Waals surface area contributed by atoms with Gasteiger partial charge in [-0.15, -0.1) is 0 Å². The summed E-state index contributed by atoms with van der Waals surface area (Å²) in [5.41, 5.74) is 3.72. The Labute approximate surface area is 179 Å². The highest BCUT2D eigenvalue weighted by atomic mass is 35.5. The van der Waals surface area contributed by atoms with E-state index in [0.29, 0.717) is 33.2 Å². The lowest BCUT2D eigenvalue weighted by molar-refractivity contribution is 0.0920. The quantitative estimate of drug-likeness (QED) is 0.386. The van der Waals surface area contributed by atoms with Crippen molar-refractivity contribution in [2.75, 3.05) is 6.61 Å². The van der Waals surface area contributed by atoms with E-state index < -0.39 is 0 Å². The molecule has 0 aromatic heterocycles. The van der Waals surface area contributed by atoms with Gasteiger partial charge in [0.1, 0.15) is 11.5 Å². The van der Waals surface area contributed by atoms with Crippen molar-refractivity contribution in [2.45, 2.75) is 13.8 Å². The van der Waals surface area contributed by atoms with E-state index in [1.807, 2.05) is 38.1 Å². The van der Waals surface area contributed by atoms with E-state index in [0.717, 1.165) is 11.1 Å². The lowest BCUT2D eigenvalue weighted by Crippen LogP contribution is -2.12. The number of aryl methyl sites for hydroxylation is 1. The van der Waals surface area contributed by atoms with Gasteiger partial charge in [-0.2, -0.15) is 0 Å². The minimum atomic E-state index is -0.169. The highest BCUT2D eigenvalue weighted by Gasteiger charge is 2.30. The first kappa shape index (κ1) is 19.9. The summed E-state index contributed by atoms with van der Waals surface area (Å²) in [6.07, 6.45) is 1.73. The zero-order valence-electron chi connectivity index (χ0n) is 16.6. The normalized spacial score (nSPS) is 13.8. The van der Waals surface area contributed by atoms with E-state index in [1.165, 1.54) is 0 Å². The van der Waals surface area contributed by atoms with Crippen LogP contribution < -0.4 is 9.47 Å². The van der Waals surface area contributed by atoms with Crippen molar-refractivity contribution < 1.29 is 19.1 Å². The van der Waals surface area contributed by atoms with Crippen LogP contribution in [0.5, 0.6) is 11.5 Å². The lowest BCUT2D eigenvalue weighted by Gasteiger charge is -2.11. The van der Waals surface area contributed by atoms with Gasteiger partial charge >= 0.3 is 0 Å². The van der Waals surface area contributed by atoms with E-state index in [2.05, 4.69) is 0 Å². The first-order chi connectivity index (χ1) is 14.4. The first-order valence-corrected chi connectivity index (χ1v) is 9.86. The second kappa shape index (κ2) is 8.17. The van der Waals surface area contributed by atoms with Crippen molar-refractivity contribution in [2.24, 2.45) is 0 Å². The van der Waals surface area contributed by atoms with Gasteiger partial charge in [0.05, 0.1) is 5.56 Å². The Balaban J connectivity index is 1.52. The minimum absolute atomic E-state index is 0.124. The van der Waals surface area contributed by atoms with Crippen molar-refractivity contribution in [3.63, 3.8) is 0 Å². The van der Waals surface area contributed by atoms with Crippen LogP contribution in [0.1, 0.15) is 37.4 Å². The van der Waals surface area contributed by atoms with Crippen LogP contribution in [0.15, 0.2) is 66.4 Å². The number of carbonyl (C=O) groups is 2. The van der Waals surface area contributed by atoms with E-state index >= 15 is 0 Å². The van der Waals surface area contributed by atoms with E-state index in [9.17, 15) is 9.59 Å². The maximum absolute atomic E-state index is 12.7. The van der Waals surface area contributed by atoms with Crippen LogP contribution >= 0.6 is 11.6 Å². The molecule has 150 valence electrons. The van der Waals surface area contributed by atoms with Crippen LogP contribution in [0, 0.1) is 13.8 Å². The molecule has 30 heavy (non-hydrogen) atoms. The van der Waals surface area contributed by atoms with Crippen LogP contribution in [-0.4, -0.2) is 18.2 Å². The van der Waals surface area contributed by atoms with Gasteiger partial charge in [0.2, 0.25) is 5.78 Å². The molecule has 0 radical (unpaired) electrons. The fraction of sp³-hybridized carbons (Fsp3) is 0.120. The second-order valence-corrected chi connectivity index (χ2v) is 7.57. The van der Waals surface area contributed by atoms with Crippen molar-refractivity contribution in [3.8, 4) is 11.5 Å². The lowest BCUT2D eigenvalue weighted by atomic mass is 10.1. The monoisotopic (exact) mass is 418 g/mol. The molecule has 0 N–H and O–H groups in total. The number of rotatable bonds is 5. The van der Waals surface area contributed by atoms with Gasteiger partial charge in [0, 0.05) is 16.1 Å². The molecule has 0 bridgehead atoms. The summed E-state index contributed by atoms with van der Waals surface area (Å²) in [6.45, 7) is 3.69. The summed E-state index contributed by atoms with van der Waals surface area (Å²) >= 11 is 5.86. The number of carbonyl (C=O) groups excluding carboxylic acids is 2. The molecule has 3 aromatic rings. The van der Waals surface area contributed by atoms with Crippen molar-refractivity contribution >= 4 is 29.2 Å². The summed E-state index contributed by atoms with van der Waals surface area (Å²) in [5.74, 6) is 0.905. The third-order valence-corrected chi connectivity index (χ3v) is 5.19. The first-order valence-electron chi connectivity index (χ1n) is 9.48. The smallest absolute Gasteiger partial charge is 0.231 e. The Kier molecular flexibility index (Phi) is 5.42. The number of ether oxygens (including phenoxy) is 2. The maximum atomic E-state index is 12.7. The highest BCUT2D eigenvalue weighted by molar-refractivity contribution is 6.30. The maximum Gasteiger partial charge on any atom is 0.231 e. The molecule has 5 heteroatoms. The van der Waals surface area contributed by atoms with Crippen LogP contribution in [0.25, 0.3) is 6.08 Å². The zero-order valence-corrected chi connectivity index (χ0v) is 17.3. The summed E-state index contributed by atoms with van der Waals surface area (Å²) in [5, 5.41) is 0.568. The van der Waals surface area contributed by atoms with Gasteiger partial charge in [0.25, 0.3) is 0 Å². The summed E-state index contributed by atoms with van der Waals surface area (Å²) < 4.78 is 11.6. The molecule has 4 nitrogen and oxygen atoms in total. The van der Waals surface area contributed by atoms with E-state index in [4.69, 9.17) is 21.1 Å². The molecule has 0 unspecified atom stereocenters. The Morgan fingerprint density at radius 3 is 2.40 bits per heavy atom. The van der Waals surface area contributed by atoms with Crippen molar-refractivity contribution in [1.29, 1.82) is 0 Å². The SMILES string of the molecule is Cc1ccc(/C=C2\Oc3c(ccc(OCC(=O)c4ccc(Cl)cc4)c3C)C2=O)cc1. The van der Waals surface area contributed by atoms with Crippen molar-refractivity contribution in [1.82, 2.24) is 0 Å². The van der Waals surface area contributed by atoms with Crippen LogP contribution in [-0.2, 0) is 0 Å². The van der Waals surface area contributed by atoms with Gasteiger partial charge in [-0.05, 0) is 61.9 Å². The average molecular weight is 419 g/mol.